The van der Waals surface area contributed by atoms with Gasteiger partial charge in [-0.2, -0.15) is 0 Å². The van der Waals surface area contributed by atoms with Crippen molar-refractivity contribution < 1.29 is 14.3 Å². The molecule has 0 bridgehead atoms. The van der Waals surface area contributed by atoms with E-state index in [2.05, 4.69) is 62.5 Å². The average molecular weight is 513 g/mol. The third-order valence-electron chi connectivity index (χ3n) is 11.3. The number of morpholine rings is 1. The fraction of sp³-hybridized carbons (Fsp3) is 0.844. The maximum Gasteiger partial charge on any atom is 0.302 e. The van der Waals surface area contributed by atoms with Gasteiger partial charge in [-0.15, -0.1) is 12.8 Å². The third-order valence-corrected chi connectivity index (χ3v) is 11.3. The van der Waals surface area contributed by atoms with Crippen molar-refractivity contribution in [2.45, 2.75) is 97.8 Å². The average Bonchev–Trinajstić information content (AvgIpc) is 3.19. The summed E-state index contributed by atoms with van der Waals surface area (Å²) >= 11 is 0. The van der Waals surface area contributed by atoms with E-state index in [0.29, 0.717) is 23.4 Å². The highest BCUT2D eigenvalue weighted by molar-refractivity contribution is 5.66. The van der Waals surface area contributed by atoms with Crippen molar-refractivity contribution in [2.75, 3.05) is 39.4 Å². The second-order valence-corrected chi connectivity index (χ2v) is 12.9. The lowest BCUT2D eigenvalue weighted by Crippen LogP contribution is -2.56. The van der Waals surface area contributed by atoms with E-state index in [1.807, 2.05) is 0 Å². The molecule has 4 fully saturated rings. The standard InChI is InChI=1S/C30H50N2O3.C2H2/c1-6-14-31(7-2)27-19-26-24-11-9-22-8-10-23(32-15-17-34-18-16-32)20-30(22,5)25(24)12-13-29(26,4)28(27)35-21(3)33;1-2/h8,10,22-28H,6-7,9,11-20H2,1-5H3;1-2H. The molecule has 5 heteroatoms. The molecule has 9 atom stereocenters. The summed E-state index contributed by atoms with van der Waals surface area (Å²) in [6.45, 7) is 17.3. The molecule has 3 saturated carbocycles. The molecule has 1 heterocycles. The molecular formula is C32H52N2O3. The number of ether oxygens (including phenoxy) is 2. The summed E-state index contributed by atoms with van der Waals surface area (Å²) in [6, 6.07) is 0.938. The van der Waals surface area contributed by atoms with Gasteiger partial charge >= 0.3 is 5.97 Å². The highest BCUT2D eigenvalue weighted by Gasteiger charge is 2.63. The summed E-state index contributed by atoms with van der Waals surface area (Å²) in [5.74, 6) is 2.82. The number of allylic oxidation sites excluding steroid dienone is 1. The Morgan fingerprint density at radius 2 is 1.81 bits per heavy atom. The van der Waals surface area contributed by atoms with Crippen LogP contribution < -0.4 is 0 Å². The van der Waals surface area contributed by atoms with Gasteiger partial charge in [-0.1, -0.05) is 39.8 Å². The lowest BCUT2D eigenvalue weighted by molar-refractivity contribution is -0.163. The van der Waals surface area contributed by atoms with Crippen LogP contribution in [0.2, 0.25) is 0 Å². The second-order valence-electron chi connectivity index (χ2n) is 12.9. The summed E-state index contributed by atoms with van der Waals surface area (Å²) in [4.78, 5) is 17.6. The number of carbonyl (C=O) groups is 1. The molecule has 5 nitrogen and oxygen atoms in total. The van der Waals surface area contributed by atoms with Gasteiger partial charge in [-0.25, -0.2) is 0 Å². The molecule has 0 aromatic heterocycles. The number of hydrogen-bond acceptors (Lipinski definition) is 5. The van der Waals surface area contributed by atoms with Gasteiger partial charge in [-0.3, -0.25) is 14.6 Å². The van der Waals surface area contributed by atoms with Gasteiger partial charge in [0.1, 0.15) is 6.10 Å². The van der Waals surface area contributed by atoms with Gasteiger partial charge < -0.3 is 9.47 Å². The zero-order valence-electron chi connectivity index (χ0n) is 24.2. The van der Waals surface area contributed by atoms with Crippen molar-refractivity contribution in [3.05, 3.63) is 12.2 Å². The lowest BCUT2D eigenvalue weighted by atomic mass is 9.46. The van der Waals surface area contributed by atoms with E-state index in [9.17, 15) is 4.79 Å². The Kier molecular flexibility index (Phi) is 9.14. The number of carbonyl (C=O) groups excluding carboxylic acids is 1. The van der Waals surface area contributed by atoms with Crippen LogP contribution in [0.15, 0.2) is 12.2 Å². The summed E-state index contributed by atoms with van der Waals surface area (Å²) in [7, 11) is 0. The van der Waals surface area contributed by atoms with E-state index < -0.39 is 0 Å². The molecule has 5 aliphatic rings. The molecule has 0 aromatic rings. The van der Waals surface area contributed by atoms with E-state index in [4.69, 9.17) is 9.47 Å². The molecule has 37 heavy (non-hydrogen) atoms. The Morgan fingerprint density at radius 3 is 2.46 bits per heavy atom. The largest absolute Gasteiger partial charge is 0.460 e. The molecule has 0 aromatic carbocycles. The molecule has 5 rings (SSSR count). The van der Waals surface area contributed by atoms with Gasteiger partial charge in [0.05, 0.1) is 13.2 Å². The van der Waals surface area contributed by atoms with Crippen molar-refractivity contribution in [1.82, 2.24) is 9.80 Å². The van der Waals surface area contributed by atoms with Crippen molar-refractivity contribution in [3.8, 4) is 12.8 Å². The Morgan fingerprint density at radius 1 is 1.08 bits per heavy atom. The smallest absolute Gasteiger partial charge is 0.302 e. The molecule has 1 aliphatic heterocycles. The molecular weight excluding hydrogens is 460 g/mol. The van der Waals surface area contributed by atoms with Crippen LogP contribution in [0.4, 0.5) is 0 Å². The van der Waals surface area contributed by atoms with Crippen LogP contribution in [-0.2, 0) is 14.3 Å². The van der Waals surface area contributed by atoms with Crippen molar-refractivity contribution in [1.29, 1.82) is 0 Å². The number of terminal acetylenes is 1. The molecule has 9 unspecified atom stereocenters. The van der Waals surface area contributed by atoms with Crippen LogP contribution in [0.3, 0.4) is 0 Å². The van der Waals surface area contributed by atoms with Crippen LogP contribution in [0.5, 0.6) is 0 Å². The zero-order valence-corrected chi connectivity index (χ0v) is 24.2. The third kappa shape index (κ3) is 5.15. The Balaban J connectivity index is 0.00000156. The molecule has 4 aliphatic carbocycles. The van der Waals surface area contributed by atoms with Gasteiger partial charge in [0, 0.05) is 37.5 Å². The highest BCUT2D eigenvalue weighted by atomic mass is 16.5. The normalized spacial score (nSPS) is 43.2. The predicted octanol–water partition coefficient (Wildman–Crippen LogP) is 5.40. The number of rotatable bonds is 6. The summed E-state index contributed by atoms with van der Waals surface area (Å²) in [6.07, 6.45) is 22.0. The number of hydrogen-bond donors (Lipinski definition) is 0. The molecule has 0 amide bonds. The van der Waals surface area contributed by atoms with Crippen LogP contribution in [0, 0.1) is 47.3 Å². The Labute approximate surface area is 226 Å². The summed E-state index contributed by atoms with van der Waals surface area (Å²) in [5, 5.41) is 0. The lowest BCUT2D eigenvalue weighted by Gasteiger charge is -2.60. The number of likely N-dealkylation sites (N-methyl/N-ethyl adjacent to an activating group) is 1. The fourth-order valence-electron chi connectivity index (χ4n) is 9.59. The highest BCUT2D eigenvalue weighted by Crippen LogP contribution is 2.66. The summed E-state index contributed by atoms with van der Waals surface area (Å²) in [5.41, 5.74) is 0.487. The number of nitrogens with zero attached hydrogens (tertiary/aromatic N) is 2. The molecule has 208 valence electrons. The minimum Gasteiger partial charge on any atom is -0.460 e. The molecule has 0 spiro atoms. The first kappa shape index (κ1) is 28.7. The van der Waals surface area contributed by atoms with Gasteiger partial charge in [0.15, 0.2) is 0 Å². The van der Waals surface area contributed by atoms with Crippen LogP contribution in [-0.4, -0.2) is 73.3 Å². The maximum atomic E-state index is 12.3. The zero-order chi connectivity index (χ0) is 26.8. The van der Waals surface area contributed by atoms with Gasteiger partial charge in [0.2, 0.25) is 0 Å². The number of fused-ring (bicyclic) bond motifs is 5. The first-order chi connectivity index (χ1) is 17.8. The van der Waals surface area contributed by atoms with E-state index >= 15 is 0 Å². The minimum absolute atomic E-state index is 0.0373. The van der Waals surface area contributed by atoms with E-state index in [0.717, 1.165) is 63.6 Å². The van der Waals surface area contributed by atoms with E-state index in [1.165, 1.54) is 38.5 Å². The molecule has 0 radical (unpaired) electrons. The quantitative estimate of drug-likeness (QED) is 0.271. The van der Waals surface area contributed by atoms with E-state index in [1.54, 1.807) is 6.92 Å². The number of esters is 1. The Bertz CT molecular complexity index is 835. The topological polar surface area (TPSA) is 42.0 Å². The van der Waals surface area contributed by atoms with E-state index in [-0.39, 0.29) is 17.5 Å². The van der Waals surface area contributed by atoms with Gasteiger partial charge in [-0.05, 0) is 87.1 Å². The van der Waals surface area contributed by atoms with Crippen molar-refractivity contribution in [2.24, 2.45) is 34.5 Å². The molecule has 1 saturated heterocycles. The minimum atomic E-state index is -0.0991. The first-order valence-corrected chi connectivity index (χ1v) is 15.1. The van der Waals surface area contributed by atoms with Crippen LogP contribution in [0.1, 0.15) is 79.6 Å². The van der Waals surface area contributed by atoms with Crippen LogP contribution >= 0.6 is 0 Å². The monoisotopic (exact) mass is 512 g/mol. The van der Waals surface area contributed by atoms with Crippen molar-refractivity contribution >= 4 is 5.97 Å². The predicted molar refractivity (Wildman–Crippen MR) is 150 cm³/mol. The summed E-state index contributed by atoms with van der Waals surface area (Å²) < 4.78 is 11.9. The second kappa shape index (κ2) is 11.8. The first-order valence-electron chi connectivity index (χ1n) is 15.1. The van der Waals surface area contributed by atoms with Crippen LogP contribution in [0.25, 0.3) is 0 Å². The van der Waals surface area contributed by atoms with Crippen molar-refractivity contribution in [3.63, 3.8) is 0 Å². The fourth-order valence-corrected chi connectivity index (χ4v) is 9.59. The maximum absolute atomic E-state index is 12.3. The van der Waals surface area contributed by atoms with Gasteiger partial charge in [0.25, 0.3) is 0 Å². The Hall–Kier alpha value is -1.35. The SMILES string of the molecule is C#C.CCCN(CC)C1CC2C3CCC4C=CC(N5CCOCC5)CC4(C)C3CCC2(C)C1OC(C)=O. The molecule has 0 N–H and O–H groups in total.